The van der Waals surface area contributed by atoms with Crippen molar-refractivity contribution in [3.63, 3.8) is 0 Å². The van der Waals surface area contributed by atoms with E-state index in [-0.39, 0.29) is 6.10 Å². The fourth-order valence-electron chi connectivity index (χ4n) is 3.47. The van der Waals surface area contributed by atoms with Crippen molar-refractivity contribution in [3.05, 3.63) is 62.3 Å². The first-order chi connectivity index (χ1) is 13.0. The van der Waals surface area contributed by atoms with E-state index in [9.17, 15) is 0 Å². The van der Waals surface area contributed by atoms with E-state index in [2.05, 4.69) is 59.9 Å². The maximum atomic E-state index is 6.83. The molecule has 0 aliphatic heterocycles. The molecule has 2 nitrogen and oxygen atoms in total. The Morgan fingerprint density at radius 2 is 1.63 bits per heavy atom. The van der Waals surface area contributed by atoms with Crippen LogP contribution in [0.4, 0.5) is 0 Å². The highest BCUT2D eigenvalue weighted by Gasteiger charge is 2.33. The van der Waals surface area contributed by atoms with Gasteiger partial charge in [0.2, 0.25) is 0 Å². The molecule has 0 aliphatic rings. The van der Waals surface area contributed by atoms with Gasteiger partial charge in [0.05, 0.1) is 16.1 Å². The zero-order valence-corrected chi connectivity index (χ0v) is 20.4. The summed E-state index contributed by atoms with van der Waals surface area (Å²) in [6.07, 6.45) is 6.13. The number of aromatic nitrogens is 1. The van der Waals surface area contributed by atoms with Gasteiger partial charge in [-0.1, -0.05) is 78.1 Å². The predicted molar refractivity (Wildman–Crippen MR) is 122 cm³/mol. The molecule has 1 aromatic carbocycles. The number of hydrogen-bond acceptors (Lipinski definition) is 2. The SMILES string of the molecule is CC[Si](CC)(CC)OC(CCCc1ccccc1Br)c1c(Cl)cncc1Cl. The third kappa shape index (κ3) is 6.04. The summed E-state index contributed by atoms with van der Waals surface area (Å²) in [7, 11) is -1.80. The van der Waals surface area contributed by atoms with Crippen molar-refractivity contribution in [1.29, 1.82) is 0 Å². The molecule has 27 heavy (non-hydrogen) atoms. The van der Waals surface area contributed by atoms with Crippen molar-refractivity contribution >= 4 is 47.4 Å². The van der Waals surface area contributed by atoms with Crippen molar-refractivity contribution in [2.75, 3.05) is 0 Å². The maximum Gasteiger partial charge on any atom is 0.192 e. The van der Waals surface area contributed by atoms with Crippen molar-refractivity contribution in [1.82, 2.24) is 4.98 Å². The number of nitrogens with zero attached hydrogens (tertiary/aromatic N) is 1. The molecule has 2 aromatic rings. The molecule has 0 saturated carbocycles. The molecule has 0 fully saturated rings. The molecule has 1 aromatic heterocycles. The van der Waals surface area contributed by atoms with E-state index in [1.807, 2.05) is 6.07 Å². The Labute approximate surface area is 182 Å². The van der Waals surface area contributed by atoms with E-state index in [0.29, 0.717) is 10.0 Å². The largest absolute Gasteiger partial charge is 0.410 e. The van der Waals surface area contributed by atoms with Crippen LogP contribution in [0, 0.1) is 0 Å². The van der Waals surface area contributed by atoms with Gasteiger partial charge in [0, 0.05) is 22.4 Å². The van der Waals surface area contributed by atoms with E-state index in [0.717, 1.165) is 47.4 Å². The first kappa shape index (κ1) is 22.9. The summed E-state index contributed by atoms with van der Waals surface area (Å²) in [5.41, 5.74) is 2.21. The molecule has 0 saturated heterocycles. The Bertz CT molecular complexity index is 711. The summed E-state index contributed by atoms with van der Waals surface area (Å²) in [4.78, 5) is 4.11. The van der Waals surface area contributed by atoms with Crippen LogP contribution in [0.1, 0.15) is 50.8 Å². The third-order valence-electron chi connectivity index (χ3n) is 5.41. The number of pyridine rings is 1. The lowest BCUT2D eigenvalue weighted by atomic mass is 10.0. The first-order valence-corrected chi connectivity index (χ1v) is 13.7. The Morgan fingerprint density at radius 1 is 1.04 bits per heavy atom. The van der Waals surface area contributed by atoms with Crippen molar-refractivity contribution in [2.45, 2.75) is 64.3 Å². The summed E-state index contributed by atoms with van der Waals surface area (Å²) in [6.45, 7) is 6.73. The molecule has 0 N–H and O–H groups in total. The van der Waals surface area contributed by atoms with Crippen molar-refractivity contribution < 1.29 is 4.43 Å². The van der Waals surface area contributed by atoms with Gasteiger partial charge in [-0.25, -0.2) is 0 Å². The molecule has 6 heteroatoms. The van der Waals surface area contributed by atoms with Crippen LogP contribution in [0.2, 0.25) is 28.2 Å². The normalized spacial score (nSPS) is 13.0. The van der Waals surface area contributed by atoms with Gasteiger partial charge >= 0.3 is 0 Å². The lowest BCUT2D eigenvalue weighted by Gasteiger charge is -2.34. The second-order valence-electron chi connectivity index (χ2n) is 6.85. The maximum absolute atomic E-state index is 6.83. The molecule has 0 radical (unpaired) electrons. The quantitative estimate of drug-likeness (QED) is 0.314. The van der Waals surface area contributed by atoms with E-state index in [4.69, 9.17) is 27.6 Å². The Hall–Kier alpha value is -0.393. The monoisotopic (exact) mass is 487 g/mol. The average Bonchev–Trinajstić information content (AvgIpc) is 2.67. The molecule has 0 amide bonds. The van der Waals surface area contributed by atoms with Crippen LogP contribution in [0.5, 0.6) is 0 Å². The highest BCUT2D eigenvalue weighted by atomic mass is 79.9. The van der Waals surface area contributed by atoms with Gasteiger partial charge < -0.3 is 4.43 Å². The highest BCUT2D eigenvalue weighted by Crippen LogP contribution is 2.39. The second-order valence-corrected chi connectivity index (χ2v) is 13.2. The van der Waals surface area contributed by atoms with Crippen molar-refractivity contribution in [3.8, 4) is 0 Å². The fourth-order valence-corrected chi connectivity index (χ4v) is 7.40. The molecule has 0 bridgehead atoms. The van der Waals surface area contributed by atoms with Gasteiger partial charge in [-0.2, -0.15) is 0 Å². The molecular formula is C21H28BrCl2NOSi. The lowest BCUT2D eigenvalue weighted by Crippen LogP contribution is -2.37. The van der Waals surface area contributed by atoms with Crippen LogP contribution >= 0.6 is 39.1 Å². The lowest BCUT2D eigenvalue weighted by molar-refractivity contribution is 0.176. The summed E-state index contributed by atoms with van der Waals surface area (Å²) in [5.74, 6) is 0. The molecule has 1 heterocycles. The van der Waals surface area contributed by atoms with Crippen LogP contribution in [-0.4, -0.2) is 13.3 Å². The Kier molecular flexibility index (Phi) is 9.29. The van der Waals surface area contributed by atoms with Gasteiger partial charge in [0.25, 0.3) is 0 Å². The topological polar surface area (TPSA) is 22.1 Å². The molecule has 1 unspecified atom stereocenters. The minimum absolute atomic E-state index is 0.0815. The van der Waals surface area contributed by atoms with Crippen molar-refractivity contribution in [2.24, 2.45) is 0 Å². The molecule has 1 atom stereocenters. The first-order valence-electron chi connectivity index (χ1n) is 9.66. The predicted octanol–water partition coefficient (Wildman–Crippen LogP) is 8.24. The van der Waals surface area contributed by atoms with Gasteiger partial charge in [-0.3, -0.25) is 4.98 Å². The van der Waals surface area contributed by atoms with Gasteiger partial charge in [0.1, 0.15) is 0 Å². The van der Waals surface area contributed by atoms with E-state index in [1.54, 1.807) is 12.4 Å². The second kappa shape index (κ2) is 11.0. The summed E-state index contributed by atoms with van der Waals surface area (Å²) in [5, 5.41) is 1.19. The van der Waals surface area contributed by atoms with E-state index < -0.39 is 8.32 Å². The van der Waals surface area contributed by atoms with Crippen LogP contribution in [0.15, 0.2) is 41.1 Å². The number of aryl methyl sites for hydroxylation is 1. The van der Waals surface area contributed by atoms with Crippen LogP contribution in [0.25, 0.3) is 0 Å². The van der Waals surface area contributed by atoms with E-state index in [1.165, 1.54) is 5.56 Å². The molecule has 0 aliphatic carbocycles. The van der Waals surface area contributed by atoms with Gasteiger partial charge in [-0.05, 0) is 49.0 Å². The van der Waals surface area contributed by atoms with Gasteiger partial charge in [-0.15, -0.1) is 0 Å². The Morgan fingerprint density at radius 3 is 2.19 bits per heavy atom. The zero-order valence-electron chi connectivity index (χ0n) is 16.3. The van der Waals surface area contributed by atoms with Crippen LogP contribution < -0.4 is 0 Å². The smallest absolute Gasteiger partial charge is 0.192 e. The standard InChI is InChI=1S/C21H28BrCl2NOSi/c1-4-27(5-2,6-3)26-20(21-18(23)14-25-15-19(21)24)13-9-11-16-10-7-8-12-17(16)22/h7-8,10,12,14-15,20H,4-6,9,11,13H2,1-3H3. The fraction of sp³-hybridized carbons (Fsp3) is 0.476. The van der Waals surface area contributed by atoms with E-state index >= 15 is 0 Å². The molecule has 0 spiro atoms. The van der Waals surface area contributed by atoms with Gasteiger partial charge in [0.15, 0.2) is 8.32 Å². The zero-order chi connectivity index (χ0) is 19.9. The molecular weight excluding hydrogens is 461 g/mol. The molecule has 148 valence electrons. The third-order valence-corrected chi connectivity index (χ3v) is 11.4. The van der Waals surface area contributed by atoms with Crippen LogP contribution in [-0.2, 0) is 10.8 Å². The summed E-state index contributed by atoms with van der Waals surface area (Å²) in [6, 6.07) is 11.7. The Balaban J connectivity index is 2.23. The molecule has 2 rings (SSSR count). The number of rotatable bonds is 10. The minimum atomic E-state index is -1.80. The number of benzene rings is 1. The number of halogens is 3. The summed E-state index contributed by atoms with van der Waals surface area (Å²) >= 11 is 16.6. The average molecular weight is 489 g/mol. The number of hydrogen-bond donors (Lipinski definition) is 0. The highest BCUT2D eigenvalue weighted by molar-refractivity contribution is 9.10. The minimum Gasteiger partial charge on any atom is -0.410 e. The summed E-state index contributed by atoms with van der Waals surface area (Å²) < 4.78 is 7.99. The van der Waals surface area contributed by atoms with Crippen LogP contribution in [0.3, 0.4) is 0 Å².